The summed E-state index contributed by atoms with van der Waals surface area (Å²) in [6.07, 6.45) is 6.36. The Hall–Kier alpha value is -0.960. The summed E-state index contributed by atoms with van der Waals surface area (Å²) < 4.78 is 0. The molecule has 1 aromatic rings. The standard InChI is InChI=1S/C16H27N3/c1-4-8-17-11-15-9-12(3)18-16(19-15)14-7-6-13(5-2)10-14/h9,13-14,17H,4-8,10-11H2,1-3H3. The Balaban J connectivity index is 2.04. The van der Waals surface area contributed by atoms with Gasteiger partial charge in [0.25, 0.3) is 0 Å². The van der Waals surface area contributed by atoms with Gasteiger partial charge in [-0.05, 0) is 51.1 Å². The first-order valence-electron chi connectivity index (χ1n) is 7.78. The van der Waals surface area contributed by atoms with Crippen LogP contribution in [0.1, 0.15) is 69.1 Å². The summed E-state index contributed by atoms with van der Waals surface area (Å²) in [6.45, 7) is 8.49. The van der Waals surface area contributed by atoms with Gasteiger partial charge in [-0.1, -0.05) is 20.3 Å². The highest BCUT2D eigenvalue weighted by Gasteiger charge is 2.26. The van der Waals surface area contributed by atoms with Crippen molar-refractivity contribution in [3.05, 3.63) is 23.3 Å². The molecular formula is C16H27N3. The SMILES string of the molecule is CCCNCc1cc(C)nc(C2CCC(CC)C2)n1. The number of aromatic nitrogens is 2. The van der Waals surface area contributed by atoms with E-state index >= 15 is 0 Å². The molecule has 2 atom stereocenters. The summed E-state index contributed by atoms with van der Waals surface area (Å²) in [4.78, 5) is 9.46. The van der Waals surface area contributed by atoms with E-state index in [1.165, 1.54) is 25.7 Å². The Morgan fingerprint density at radius 1 is 1.26 bits per heavy atom. The minimum Gasteiger partial charge on any atom is -0.311 e. The van der Waals surface area contributed by atoms with E-state index in [0.29, 0.717) is 5.92 Å². The molecule has 0 aliphatic heterocycles. The van der Waals surface area contributed by atoms with Crippen LogP contribution in [-0.2, 0) is 6.54 Å². The average Bonchev–Trinajstić information content (AvgIpc) is 2.87. The van der Waals surface area contributed by atoms with Crippen molar-refractivity contribution in [1.82, 2.24) is 15.3 Å². The number of hydrogen-bond acceptors (Lipinski definition) is 3. The molecule has 0 radical (unpaired) electrons. The molecule has 1 heterocycles. The monoisotopic (exact) mass is 261 g/mol. The highest BCUT2D eigenvalue weighted by molar-refractivity contribution is 5.13. The second-order valence-corrected chi connectivity index (χ2v) is 5.82. The van der Waals surface area contributed by atoms with Crippen molar-refractivity contribution in [2.24, 2.45) is 5.92 Å². The second kappa shape index (κ2) is 6.99. The first-order chi connectivity index (χ1) is 9.22. The minimum atomic E-state index is 0.592. The second-order valence-electron chi connectivity index (χ2n) is 5.82. The zero-order valence-electron chi connectivity index (χ0n) is 12.6. The predicted octanol–water partition coefficient (Wildman–Crippen LogP) is 3.58. The largest absolute Gasteiger partial charge is 0.311 e. The molecule has 3 heteroatoms. The van der Waals surface area contributed by atoms with Crippen molar-refractivity contribution in [1.29, 1.82) is 0 Å². The summed E-state index contributed by atoms with van der Waals surface area (Å²) in [5, 5.41) is 3.43. The van der Waals surface area contributed by atoms with Gasteiger partial charge in [0.15, 0.2) is 0 Å². The molecule has 1 N–H and O–H groups in total. The fourth-order valence-corrected chi connectivity index (χ4v) is 3.01. The predicted molar refractivity (Wildman–Crippen MR) is 79.1 cm³/mol. The Bertz CT molecular complexity index is 403. The highest BCUT2D eigenvalue weighted by Crippen LogP contribution is 2.38. The average molecular weight is 261 g/mol. The third-order valence-electron chi connectivity index (χ3n) is 4.14. The molecule has 1 aliphatic rings. The lowest BCUT2D eigenvalue weighted by Crippen LogP contribution is -2.16. The van der Waals surface area contributed by atoms with Gasteiger partial charge in [0.2, 0.25) is 0 Å². The Labute approximate surface area is 117 Å². The maximum atomic E-state index is 4.78. The molecule has 2 unspecified atom stereocenters. The summed E-state index contributed by atoms with van der Waals surface area (Å²) in [5.41, 5.74) is 2.26. The molecule has 0 aromatic carbocycles. The quantitative estimate of drug-likeness (QED) is 0.795. The van der Waals surface area contributed by atoms with Crippen LogP contribution >= 0.6 is 0 Å². The van der Waals surface area contributed by atoms with Crippen LogP contribution in [-0.4, -0.2) is 16.5 Å². The van der Waals surface area contributed by atoms with E-state index < -0.39 is 0 Å². The zero-order chi connectivity index (χ0) is 13.7. The summed E-state index contributed by atoms with van der Waals surface area (Å²) in [5.74, 6) is 2.56. The molecule has 0 saturated heterocycles. The van der Waals surface area contributed by atoms with E-state index in [2.05, 4.69) is 37.1 Å². The van der Waals surface area contributed by atoms with Gasteiger partial charge in [-0.3, -0.25) is 0 Å². The summed E-state index contributed by atoms with van der Waals surface area (Å²) >= 11 is 0. The first-order valence-corrected chi connectivity index (χ1v) is 7.78. The lowest BCUT2D eigenvalue weighted by molar-refractivity contribution is 0.515. The van der Waals surface area contributed by atoms with Gasteiger partial charge in [-0.2, -0.15) is 0 Å². The van der Waals surface area contributed by atoms with Crippen LogP contribution in [0, 0.1) is 12.8 Å². The molecular weight excluding hydrogens is 234 g/mol. The number of rotatable bonds is 6. The van der Waals surface area contributed by atoms with Crippen LogP contribution in [0.15, 0.2) is 6.07 Å². The number of hydrogen-bond donors (Lipinski definition) is 1. The van der Waals surface area contributed by atoms with Crippen LogP contribution in [0.5, 0.6) is 0 Å². The molecule has 0 bridgehead atoms. The van der Waals surface area contributed by atoms with E-state index in [-0.39, 0.29) is 0 Å². The van der Waals surface area contributed by atoms with Gasteiger partial charge >= 0.3 is 0 Å². The number of nitrogens with zero attached hydrogens (tertiary/aromatic N) is 2. The zero-order valence-corrected chi connectivity index (χ0v) is 12.6. The first kappa shape index (κ1) is 14.4. The van der Waals surface area contributed by atoms with Crippen molar-refractivity contribution < 1.29 is 0 Å². The fourth-order valence-electron chi connectivity index (χ4n) is 3.01. The van der Waals surface area contributed by atoms with E-state index in [1.807, 2.05) is 0 Å². The van der Waals surface area contributed by atoms with E-state index in [0.717, 1.165) is 42.6 Å². The lowest BCUT2D eigenvalue weighted by atomic mass is 10.0. The van der Waals surface area contributed by atoms with Crippen LogP contribution < -0.4 is 5.32 Å². The third-order valence-corrected chi connectivity index (χ3v) is 4.14. The normalized spacial score (nSPS) is 22.9. The van der Waals surface area contributed by atoms with E-state index in [1.54, 1.807) is 0 Å². The molecule has 0 amide bonds. The maximum Gasteiger partial charge on any atom is 0.131 e. The molecule has 1 saturated carbocycles. The van der Waals surface area contributed by atoms with Gasteiger partial charge in [-0.25, -0.2) is 9.97 Å². The van der Waals surface area contributed by atoms with Crippen LogP contribution in [0.2, 0.25) is 0 Å². The van der Waals surface area contributed by atoms with Gasteiger partial charge in [0.1, 0.15) is 5.82 Å². The molecule has 0 spiro atoms. The van der Waals surface area contributed by atoms with Crippen molar-refractivity contribution in [3.63, 3.8) is 0 Å². The molecule has 106 valence electrons. The Morgan fingerprint density at radius 3 is 2.79 bits per heavy atom. The molecule has 1 fully saturated rings. The van der Waals surface area contributed by atoms with Gasteiger partial charge < -0.3 is 5.32 Å². The molecule has 3 nitrogen and oxygen atoms in total. The smallest absolute Gasteiger partial charge is 0.131 e. The van der Waals surface area contributed by atoms with E-state index in [4.69, 9.17) is 4.98 Å². The minimum absolute atomic E-state index is 0.592. The van der Waals surface area contributed by atoms with Gasteiger partial charge in [0.05, 0.1) is 5.69 Å². The van der Waals surface area contributed by atoms with Crippen LogP contribution in [0.3, 0.4) is 0 Å². The van der Waals surface area contributed by atoms with Crippen LogP contribution in [0.25, 0.3) is 0 Å². The van der Waals surface area contributed by atoms with Crippen molar-refractivity contribution in [2.75, 3.05) is 6.54 Å². The third kappa shape index (κ3) is 4.00. The topological polar surface area (TPSA) is 37.8 Å². The van der Waals surface area contributed by atoms with Crippen molar-refractivity contribution in [3.8, 4) is 0 Å². The molecule has 1 aromatic heterocycles. The lowest BCUT2D eigenvalue weighted by Gasteiger charge is -2.12. The van der Waals surface area contributed by atoms with Gasteiger partial charge in [-0.15, -0.1) is 0 Å². The Morgan fingerprint density at radius 2 is 2.11 bits per heavy atom. The van der Waals surface area contributed by atoms with Crippen molar-refractivity contribution >= 4 is 0 Å². The maximum absolute atomic E-state index is 4.78. The summed E-state index contributed by atoms with van der Waals surface area (Å²) in [6, 6.07) is 2.11. The Kier molecular flexibility index (Phi) is 5.32. The van der Waals surface area contributed by atoms with E-state index in [9.17, 15) is 0 Å². The molecule has 2 rings (SSSR count). The number of aryl methyl sites for hydroxylation is 1. The van der Waals surface area contributed by atoms with Crippen molar-refractivity contribution in [2.45, 2.75) is 65.3 Å². The van der Waals surface area contributed by atoms with Gasteiger partial charge in [0, 0.05) is 18.2 Å². The summed E-state index contributed by atoms with van der Waals surface area (Å²) in [7, 11) is 0. The number of nitrogens with one attached hydrogen (secondary N) is 1. The molecule has 1 aliphatic carbocycles. The van der Waals surface area contributed by atoms with Crippen LogP contribution in [0.4, 0.5) is 0 Å². The molecule has 19 heavy (non-hydrogen) atoms. The fraction of sp³-hybridized carbons (Fsp3) is 0.750. The highest BCUT2D eigenvalue weighted by atomic mass is 14.9.